The van der Waals surface area contributed by atoms with Gasteiger partial charge in [-0.05, 0) is 36.6 Å². The number of rotatable bonds is 3. The van der Waals surface area contributed by atoms with E-state index in [9.17, 15) is 5.11 Å². The summed E-state index contributed by atoms with van der Waals surface area (Å²) in [4.78, 5) is 8.00. The van der Waals surface area contributed by atoms with E-state index in [2.05, 4.69) is 6.92 Å². The predicted octanol–water partition coefficient (Wildman–Crippen LogP) is 3.94. The highest BCUT2D eigenvalue weighted by Gasteiger charge is 1.96. The zero-order valence-electron chi connectivity index (χ0n) is 11.8. The van der Waals surface area contributed by atoms with Crippen LogP contribution in [0.4, 0.5) is 0 Å². The van der Waals surface area contributed by atoms with Gasteiger partial charge in [0.25, 0.3) is 0 Å². The Bertz CT molecular complexity index is 455. The van der Waals surface area contributed by atoms with Gasteiger partial charge in [-0.3, -0.25) is 0 Å². The third-order valence-corrected chi connectivity index (χ3v) is 2.55. The Hall–Kier alpha value is -2.29. The topological polar surface area (TPSA) is 57.5 Å². The predicted molar refractivity (Wildman–Crippen MR) is 81.9 cm³/mol. The zero-order chi connectivity index (χ0) is 15.2. The highest BCUT2D eigenvalue weighted by Crippen LogP contribution is 2.17. The van der Waals surface area contributed by atoms with Gasteiger partial charge in [-0.25, -0.2) is 0 Å². The number of phenolic OH excluding ortho intramolecular Hbond substituents is 2. The Morgan fingerprint density at radius 3 is 1.90 bits per heavy atom. The highest BCUT2D eigenvalue weighted by molar-refractivity contribution is 5.31. The van der Waals surface area contributed by atoms with Crippen molar-refractivity contribution >= 4 is 6.79 Å². The Labute approximate surface area is 120 Å². The number of para-hydroxylation sites is 2. The van der Waals surface area contributed by atoms with Crippen molar-refractivity contribution in [3.05, 3.63) is 60.2 Å². The van der Waals surface area contributed by atoms with E-state index < -0.39 is 0 Å². The minimum absolute atomic E-state index is 0.322. The first-order chi connectivity index (χ1) is 9.74. The number of aryl methyl sites for hydroxylation is 1. The largest absolute Gasteiger partial charge is 0.508 e. The molecule has 0 amide bonds. The van der Waals surface area contributed by atoms with Gasteiger partial charge in [0.15, 0.2) is 0 Å². The number of aromatic hydroxyl groups is 2. The molecule has 2 aromatic rings. The standard InChI is InChI=1S/C10H14O.C6H6O.CH2O/c1-2-3-6-9-7-4-5-8-10(9)11;7-6-4-2-1-3-5-6;1-2/h4-5,7-8,11H,2-3,6H2,1H3;1-5,7H;1H2. The van der Waals surface area contributed by atoms with Crippen molar-refractivity contribution in [3.8, 4) is 11.5 Å². The van der Waals surface area contributed by atoms with E-state index in [0.29, 0.717) is 11.5 Å². The molecule has 0 atom stereocenters. The van der Waals surface area contributed by atoms with Crippen molar-refractivity contribution in [3.63, 3.8) is 0 Å². The van der Waals surface area contributed by atoms with E-state index in [1.54, 1.807) is 30.3 Å². The number of hydrogen-bond acceptors (Lipinski definition) is 3. The molecule has 108 valence electrons. The molecule has 0 saturated heterocycles. The molecule has 0 aliphatic rings. The molecule has 0 fully saturated rings. The van der Waals surface area contributed by atoms with E-state index in [0.717, 1.165) is 18.4 Å². The number of unbranched alkanes of at least 4 members (excludes halogenated alkanes) is 1. The lowest BCUT2D eigenvalue weighted by molar-refractivity contribution is -0.0979. The lowest BCUT2D eigenvalue weighted by Gasteiger charge is -2.01. The van der Waals surface area contributed by atoms with Crippen LogP contribution in [0.25, 0.3) is 0 Å². The van der Waals surface area contributed by atoms with Crippen LogP contribution in [0.1, 0.15) is 25.3 Å². The molecular formula is C17H22O3. The molecule has 2 N–H and O–H groups in total. The van der Waals surface area contributed by atoms with Crippen molar-refractivity contribution in [2.24, 2.45) is 0 Å². The number of phenols is 2. The molecular weight excluding hydrogens is 252 g/mol. The smallest absolute Gasteiger partial charge is 0.118 e. The molecule has 20 heavy (non-hydrogen) atoms. The Morgan fingerprint density at radius 2 is 1.45 bits per heavy atom. The molecule has 0 aliphatic heterocycles. The molecule has 3 heteroatoms. The number of carbonyl (C=O) groups excluding carboxylic acids is 1. The van der Waals surface area contributed by atoms with Crippen LogP contribution in [0.5, 0.6) is 11.5 Å². The van der Waals surface area contributed by atoms with Gasteiger partial charge in [-0.15, -0.1) is 0 Å². The first kappa shape index (κ1) is 17.7. The fourth-order valence-electron chi connectivity index (χ4n) is 1.52. The average molecular weight is 274 g/mol. The fraction of sp³-hybridized carbons (Fsp3) is 0.235. The number of hydrogen-bond donors (Lipinski definition) is 2. The van der Waals surface area contributed by atoms with Gasteiger partial charge in [0.2, 0.25) is 0 Å². The van der Waals surface area contributed by atoms with Crippen LogP contribution in [-0.2, 0) is 11.2 Å². The Kier molecular flexibility index (Phi) is 10.4. The van der Waals surface area contributed by atoms with Crippen LogP contribution in [0.15, 0.2) is 54.6 Å². The summed E-state index contributed by atoms with van der Waals surface area (Å²) in [5, 5.41) is 18.0. The van der Waals surface area contributed by atoms with Crippen LogP contribution in [-0.4, -0.2) is 17.0 Å². The summed E-state index contributed by atoms with van der Waals surface area (Å²) < 4.78 is 0. The van der Waals surface area contributed by atoms with E-state index in [4.69, 9.17) is 9.90 Å². The van der Waals surface area contributed by atoms with Crippen LogP contribution in [0.2, 0.25) is 0 Å². The quantitative estimate of drug-likeness (QED) is 0.891. The molecule has 0 bridgehead atoms. The first-order valence-electron chi connectivity index (χ1n) is 6.53. The SMILES string of the molecule is C=O.CCCCc1ccccc1O.Oc1ccccc1. The fourth-order valence-corrected chi connectivity index (χ4v) is 1.52. The highest BCUT2D eigenvalue weighted by atomic mass is 16.3. The zero-order valence-corrected chi connectivity index (χ0v) is 11.8. The second kappa shape index (κ2) is 11.8. The molecule has 2 aromatic carbocycles. The van der Waals surface area contributed by atoms with Crippen molar-refractivity contribution < 1.29 is 15.0 Å². The van der Waals surface area contributed by atoms with Gasteiger partial charge in [0.1, 0.15) is 18.3 Å². The van der Waals surface area contributed by atoms with Crippen molar-refractivity contribution in [1.82, 2.24) is 0 Å². The maximum atomic E-state index is 9.34. The summed E-state index contributed by atoms with van der Waals surface area (Å²) in [5.74, 6) is 0.753. The van der Waals surface area contributed by atoms with Gasteiger partial charge in [-0.2, -0.15) is 0 Å². The molecule has 2 rings (SSSR count). The van der Waals surface area contributed by atoms with Crippen molar-refractivity contribution in [2.75, 3.05) is 0 Å². The summed E-state index contributed by atoms with van der Waals surface area (Å²) in [6.45, 7) is 4.15. The first-order valence-corrected chi connectivity index (χ1v) is 6.53. The average Bonchev–Trinajstić information content (AvgIpc) is 2.50. The monoisotopic (exact) mass is 274 g/mol. The van der Waals surface area contributed by atoms with Crippen molar-refractivity contribution in [1.29, 1.82) is 0 Å². The summed E-state index contributed by atoms with van der Waals surface area (Å²) in [6.07, 6.45) is 3.31. The summed E-state index contributed by atoms with van der Waals surface area (Å²) >= 11 is 0. The maximum Gasteiger partial charge on any atom is 0.118 e. The molecule has 0 unspecified atom stereocenters. The van der Waals surface area contributed by atoms with Gasteiger partial charge in [0, 0.05) is 0 Å². The molecule has 0 saturated carbocycles. The molecule has 0 spiro atoms. The lowest BCUT2D eigenvalue weighted by Crippen LogP contribution is -1.83. The van der Waals surface area contributed by atoms with Gasteiger partial charge in [0.05, 0.1) is 0 Å². The van der Waals surface area contributed by atoms with E-state index in [1.165, 1.54) is 6.42 Å². The van der Waals surface area contributed by atoms with Gasteiger partial charge in [-0.1, -0.05) is 49.7 Å². The van der Waals surface area contributed by atoms with Gasteiger partial charge >= 0.3 is 0 Å². The summed E-state index contributed by atoms with van der Waals surface area (Å²) in [7, 11) is 0. The second-order valence-corrected chi connectivity index (χ2v) is 4.07. The summed E-state index contributed by atoms with van der Waals surface area (Å²) in [5.41, 5.74) is 1.06. The summed E-state index contributed by atoms with van der Waals surface area (Å²) in [6, 6.07) is 16.2. The van der Waals surface area contributed by atoms with E-state index in [1.807, 2.05) is 31.1 Å². The Morgan fingerprint density at radius 1 is 0.900 bits per heavy atom. The van der Waals surface area contributed by atoms with E-state index in [-0.39, 0.29) is 0 Å². The van der Waals surface area contributed by atoms with Crippen LogP contribution in [0.3, 0.4) is 0 Å². The molecule has 0 aliphatic carbocycles. The number of benzene rings is 2. The van der Waals surface area contributed by atoms with Crippen LogP contribution < -0.4 is 0 Å². The van der Waals surface area contributed by atoms with Crippen LogP contribution >= 0.6 is 0 Å². The molecule has 0 radical (unpaired) electrons. The normalized spacial score (nSPS) is 8.65. The van der Waals surface area contributed by atoms with Crippen molar-refractivity contribution in [2.45, 2.75) is 26.2 Å². The molecule has 0 aromatic heterocycles. The van der Waals surface area contributed by atoms with E-state index >= 15 is 0 Å². The minimum Gasteiger partial charge on any atom is -0.508 e. The minimum atomic E-state index is 0.322. The number of carbonyl (C=O) groups is 1. The molecule has 0 heterocycles. The maximum absolute atomic E-state index is 9.34. The lowest BCUT2D eigenvalue weighted by atomic mass is 10.1. The second-order valence-electron chi connectivity index (χ2n) is 4.07. The third-order valence-electron chi connectivity index (χ3n) is 2.55. The van der Waals surface area contributed by atoms with Gasteiger partial charge < -0.3 is 15.0 Å². The molecule has 3 nitrogen and oxygen atoms in total. The Balaban J connectivity index is 0.000000345. The van der Waals surface area contributed by atoms with Crippen LogP contribution in [0, 0.1) is 0 Å². The third kappa shape index (κ3) is 7.93.